The molecule has 1 fully saturated rings. The molecule has 10 nitrogen and oxygen atoms in total. The number of aliphatic carboxylic acids is 1. The van der Waals surface area contributed by atoms with Crippen molar-refractivity contribution in [1.82, 2.24) is 20.5 Å². The predicted molar refractivity (Wildman–Crippen MR) is 161 cm³/mol. The molecule has 4 unspecified atom stereocenters. The molecular formula is C32H34N4O6S. The van der Waals surface area contributed by atoms with Crippen molar-refractivity contribution in [3.8, 4) is 11.1 Å². The zero-order valence-corrected chi connectivity index (χ0v) is 24.5. The van der Waals surface area contributed by atoms with Crippen LogP contribution in [-0.2, 0) is 32.2 Å². The van der Waals surface area contributed by atoms with Crippen molar-refractivity contribution in [1.29, 1.82) is 0 Å². The number of amides is 1. The highest BCUT2D eigenvalue weighted by molar-refractivity contribution is 7.99. The van der Waals surface area contributed by atoms with Crippen molar-refractivity contribution in [3.05, 3.63) is 101 Å². The fourth-order valence-corrected chi connectivity index (χ4v) is 5.96. The molecule has 1 aliphatic rings. The highest BCUT2D eigenvalue weighted by Gasteiger charge is 2.38. The number of H-pyrrole nitrogens is 1. The first-order chi connectivity index (χ1) is 20.9. The van der Waals surface area contributed by atoms with Crippen molar-refractivity contribution in [2.45, 2.75) is 56.6 Å². The van der Waals surface area contributed by atoms with Gasteiger partial charge in [0.2, 0.25) is 5.91 Å². The van der Waals surface area contributed by atoms with Crippen LogP contribution < -0.4 is 5.32 Å². The van der Waals surface area contributed by atoms with E-state index in [4.69, 9.17) is 14.6 Å². The van der Waals surface area contributed by atoms with Crippen LogP contribution in [0.5, 0.6) is 0 Å². The number of aliphatic hydroxyl groups is 1. The monoisotopic (exact) mass is 602 g/mol. The van der Waals surface area contributed by atoms with Gasteiger partial charge in [0, 0.05) is 30.2 Å². The molecule has 1 amide bonds. The van der Waals surface area contributed by atoms with Gasteiger partial charge >= 0.3 is 5.97 Å². The average Bonchev–Trinajstić information content (AvgIpc) is 3.56. The lowest BCUT2D eigenvalue weighted by atomic mass is 9.91. The summed E-state index contributed by atoms with van der Waals surface area (Å²) < 4.78 is 13.1. The standard InChI is InChI=1S/C32H34N4O6S/c1-20-27(18-43-32-34-19-35-36-32)41-31(42-30(20)23-8-6-21(17-37)7-9-23)24-12-10-22(11-13-24)26-5-3-2-4-25(26)16-33-28(38)14-15-29(39)40/h2-13,19-20,27,30-31,37H,14-18H2,1H3,(H,33,38)(H,39,40)(H,34,35,36). The van der Waals surface area contributed by atoms with Gasteiger partial charge in [0.05, 0.1) is 25.2 Å². The zero-order chi connectivity index (χ0) is 30.2. The number of rotatable bonds is 12. The van der Waals surface area contributed by atoms with Gasteiger partial charge in [-0.15, -0.1) is 0 Å². The van der Waals surface area contributed by atoms with Gasteiger partial charge in [0.25, 0.3) is 0 Å². The average molecular weight is 603 g/mol. The Labute approximate surface area is 253 Å². The number of carbonyl (C=O) groups excluding carboxylic acids is 1. The van der Waals surface area contributed by atoms with E-state index in [-0.39, 0.29) is 43.5 Å². The molecule has 0 aliphatic carbocycles. The van der Waals surface area contributed by atoms with Crippen molar-refractivity contribution in [2.24, 2.45) is 5.92 Å². The Hall–Kier alpha value is -4.03. The zero-order valence-electron chi connectivity index (χ0n) is 23.7. The third-order valence-electron chi connectivity index (χ3n) is 7.45. The number of nitrogens with one attached hydrogen (secondary N) is 2. The number of thioether (sulfide) groups is 1. The number of hydrogen-bond donors (Lipinski definition) is 4. The van der Waals surface area contributed by atoms with E-state index < -0.39 is 12.3 Å². The topological polar surface area (TPSA) is 147 Å². The Bertz CT molecular complexity index is 1500. The van der Waals surface area contributed by atoms with Crippen molar-refractivity contribution >= 4 is 23.6 Å². The molecule has 4 N–H and O–H groups in total. The SMILES string of the molecule is CC1C(CSc2ncn[nH]2)OC(c2ccc(-c3ccccc3CNC(=O)CCC(=O)O)cc2)OC1c1ccc(CO)cc1. The van der Waals surface area contributed by atoms with Crippen LogP contribution in [0, 0.1) is 5.92 Å². The third-order valence-corrected chi connectivity index (χ3v) is 8.42. The van der Waals surface area contributed by atoms with Gasteiger partial charge in [0.15, 0.2) is 11.4 Å². The number of benzene rings is 3. The van der Waals surface area contributed by atoms with E-state index in [1.54, 1.807) is 11.8 Å². The Kier molecular flexibility index (Phi) is 10.2. The molecule has 0 spiro atoms. The lowest BCUT2D eigenvalue weighted by molar-refractivity contribution is -0.268. The van der Waals surface area contributed by atoms with E-state index in [2.05, 4.69) is 27.4 Å². The number of aliphatic hydroxyl groups excluding tert-OH is 1. The highest BCUT2D eigenvalue weighted by atomic mass is 32.2. The van der Waals surface area contributed by atoms with Gasteiger partial charge in [-0.3, -0.25) is 14.7 Å². The molecule has 43 heavy (non-hydrogen) atoms. The predicted octanol–water partition coefficient (Wildman–Crippen LogP) is 5.03. The van der Waals surface area contributed by atoms with Crippen LogP contribution in [0.15, 0.2) is 84.3 Å². The van der Waals surface area contributed by atoms with Gasteiger partial charge in [-0.25, -0.2) is 4.98 Å². The van der Waals surface area contributed by atoms with Crippen LogP contribution in [0.1, 0.15) is 54.4 Å². The van der Waals surface area contributed by atoms with Gasteiger partial charge < -0.3 is 25.0 Å². The maximum absolute atomic E-state index is 12.1. The van der Waals surface area contributed by atoms with E-state index >= 15 is 0 Å². The van der Waals surface area contributed by atoms with Crippen LogP contribution in [-0.4, -0.2) is 49.1 Å². The van der Waals surface area contributed by atoms with Gasteiger partial charge in [0.1, 0.15) is 6.33 Å². The summed E-state index contributed by atoms with van der Waals surface area (Å²) in [6, 6.07) is 23.6. The van der Waals surface area contributed by atoms with Gasteiger partial charge in [-0.1, -0.05) is 91.5 Å². The number of carboxylic acid groups (broad SMARTS) is 1. The minimum Gasteiger partial charge on any atom is -0.481 e. The molecule has 0 radical (unpaired) electrons. The van der Waals surface area contributed by atoms with Crippen LogP contribution in [0.25, 0.3) is 11.1 Å². The summed E-state index contributed by atoms with van der Waals surface area (Å²) in [6.07, 6.45) is 0.262. The van der Waals surface area contributed by atoms with Gasteiger partial charge in [-0.05, 0) is 27.8 Å². The largest absolute Gasteiger partial charge is 0.481 e. The molecule has 3 aromatic carbocycles. The molecule has 1 aliphatic heterocycles. The second kappa shape index (κ2) is 14.4. The number of aromatic amines is 1. The Morgan fingerprint density at radius 2 is 1.72 bits per heavy atom. The second-order valence-electron chi connectivity index (χ2n) is 10.4. The summed E-state index contributed by atoms with van der Waals surface area (Å²) in [6.45, 7) is 2.40. The molecule has 0 saturated carbocycles. The van der Waals surface area contributed by atoms with Crippen LogP contribution in [0.3, 0.4) is 0 Å². The molecule has 4 aromatic rings. The second-order valence-corrected chi connectivity index (χ2v) is 11.4. The molecule has 5 rings (SSSR count). The Morgan fingerprint density at radius 3 is 2.42 bits per heavy atom. The highest BCUT2D eigenvalue weighted by Crippen LogP contribution is 2.43. The Morgan fingerprint density at radius 1 is 0.977 bits per heavy atom. The van der Waals surface area contributed by atoms with Crippen molar-refractivity contribution in [3.63, 3.8) is 0 Å². The summed E-state index contributed by atoms with van der Waals surface area (Å²) in [5.41, 5.74) is 5.60. The van der Waals surface area contributed by atoms with E-state index in [0.717, 1.165) is 38.5 Å². The molecular weight excluding hydrogens is 568 g/mol. The number of carbonyl (C=O) groups is 2. The molecule has 1 aromatic heterocycles. The fourth-order valence-electron chi connectivity index (χ4n) is 5.01. The molecule has 1 saturated heterocycles. The van der Waals surface area contributed by atoms with Gasteiger partial charge in [-0.2, -0.15) is 5.10 Å². The quantitative estimate of drug-likeness (QED) is 0.164. The maximum Gasteiger partial charge on any atom is 0.303 e. The summed E-state index contributed by atoms with van der Waals surface area (Å²) in [4.78, 5) is 27.1. The third kappa shape index (κ3) is 7.88. The number of ether oxygens (including phenoxy) is 2. The summed E-state index contributed by atoms with van der Waals surface area (Å²) >= 11 is 1.55. The molecule has 11 heteroatoms. The van der Waals surface area contributed by atoms with Crippen LogP contribution in [0.2, 0.25) is 0 Å². The number of hydrogen-bond acceptors (Lipinski definition) is 8. The normalized spacial score (nSPS) is 20.0. The first kappa shape index (κ1) is 30.4. The lowest BCUT2D eigenvalue weighted by Gasteiger charge is -2.41. The van der Waals surface area contributed by atoms with E-state index in [9.17, 15) is 14.7 Å². The number of carboxylic acids is 1. The maximum atomic E-state index is 12.1. The minimum absolute atomic E-state index is 0.0177. The molecule has 4 atom stereocenters. The van der Waals surface area contributed by atoms with Crippen molar-refractivity contribution in [2.75, 3.05) is 5.75 Å². The minimum atomic E-state index is -0.998. The first-order valence-electron chi connectivity index (χ1n) is 14.1. The number of aromatic nitrogens is 3. The lowest BCUT2D eigenvalue weighted by Crippen LogP contribution is -2.38. The molecule has 2 heterocycles. The smallest absolute Gasteiger partial charge is 0.303 e. The fraction of sp³-hybridized carbons (Fsp3) is 0.312. The van der Waals surface area contributed by atoms with E-state index in [0.29, 0.717) is 12.3 Å². The number of nitrogens with zero attached hydrogens (tertiary/aromatic N) is 2. The van der Waals surface area contributed by atoms with E-state index in [1.165, 1.54) is 6.33 Å². The van der Waals surface area contributed by atoms with Crippen LogP contribution in [0.4, 0.5) is 0 Å². The first-order valence-corrected chi connectivity index (χ1v) is 15.1. The molecule has 224 valence electrons. The van der Waals surface area contributed by atoms with E-state index in [1.807, 2.05) is 72.8 Å². The summed E-state index contributed by atoms with van der Waals surface area (Å²) in [7, 11) is 0. The van der Waals surface area contributed by atoms with Crippen molar-refractivity contribution < 1.29 is 29.3 Å². The summed E-state index contributed by atoms with van der Waals surface area (Å²) in [5.74, 6) is -0.597. The van der Waals surface area contributed by atoms with Crippen LogP contribution >= 0.6 is 11.8 Å². The Balaban J connectivity index is 1.33. The summed E-state index contributed by atoms with van der Waals surface area (Å²) in [5, 5.41) is 28.7. The molecule has 0 bridgehead atoms.